The van der Waals surface area contributed by atoms with Crippen LogP contribution in [0.2, 0.25) is 0 Å². The first-order valence-corrected chi connectivity index (χ1v) is 12.0. The van der Waals surface area contributed by atoms with Gasteiger partial charge in [-0.2, -0.15) is 0 Å². The van der Waals surface area contributed by atoms with Crippen LogP contribution in [-0.2, 0) is 11.2 Å². The van der Waals surface area contributed by atoms with Crippen molar-refractivity contribution in [1.29, 1.82) is 0 Å². The van der Waals surface area contributed by atoms with Crippen molar-refractivity contribution in [3.63, 3.8) is 0 Å². The number of benzene rings is 2. The SMILES string of the molecule is CCc1ccc(-n2c(SCC(=O)N3C[C@@H](C)C[C@H](C)C3)nc3ccccc3c2=O)cc1. The van der Waals surface area contributed by atoms with Crippen LogP contribution in [0.15, 0.2) is 58.5 Å². The number of aryl methyl sites for hydroxylation is 1. The number of fused-ring (bicyclic) bond motifs is 1. The summed E-state index contributed by atoms with van der Waals surface area (Å²) in [6, 6.07) is 15.4. The lowest BCUT2D eigenvalue weighted by molar-refractivity contribution is -0.130. The summed E-state index contributed by atoms with van der Waals surface area (Å²) in [7, 11) is 0. The Bertz CT molecular complexity index is 1130. The molecule has 0 radical (unpaired) electrons. The zero-order chi connectivity index (χ0) is 22.0. The van der Waals surface area contributed by atoms with E-state index in [1.807, 2.05) is 47.4 Å². The van der Waals surface area contributed by atoms with Crippen LogP contribution in [0, 0.1) is 11.8 Å². The summed E-state index contributed by atoms with van der Waals surface area (Å²) in [6.45, 7) is 8.12. The first kappa shape index (κ1) is 21.6. The van der Waals surface area contributed by atoms with Crippen LogP contribution in [-0.4, -0.2) is 39.2 Å². The second kappa shape index (κ2) is 9.27. The largest absolute Gasteiger partial charge is 0.341 e. The Kier molecular flexibility index (Phi) is 6.46. The van der Waals surface area contributed by atoms with E-state index in [4.69, 9.17) is 4.98 Å². The highest BCUT2D eigenvalue weighted by molar-refractivity contribution is 7.99. The lowest BCUT2D eigenvalue weighted by Gasteiger charge is -2.35. The molecular weight excluding hydrogens is 406 g/mol. The van der Waals surface area contributed by atoms with Gasteiger partial charge in [0.2, 0.25) is 5.91 Å². The number of hydrogen-bond acceptors (Lipinski definition) is 4. The highest BCUT2D eigenvalue weighted by atomic mass is 32.2. The Morgan fingerprint density at radius 3 is 2.42 bits per heavy atom. The van der Waals surface area contributed by atoms with Crippen LogP contribution in [0.1, 0.15) is 32.8 Å². The summed E-state index contributed by atoms with van der Waals surface area (Å²) in [5.74, 6) is 1.43. The normalized spacial score (nSPS) is 19.0. The third kappa shape index (κ3) is 4.69. The van der Waals surface area contributed by atoms with Gasteiger partial charge in [-0.15, -0.1) is 0 Å². The molecule has 1 aliphatic rings. The van der Waals surface area contributed by atoms with Crippen LogP contribution in [0.25, 0.3) is 16.6 Å². The molecule has 1 aliphatic heterocycles. The van der Waals surface area contributed by atoms with Gasteiger partial charge < -0.3 is 4.90 Å². The molecule has 1 amide bonds. The van der Waals surface area contributed by atoms with Crippen LogP contribution in [0.3, 0.4) is 0 Å². The van der Waals surface area contributed by atoms with E-state index in [9.17, 15) is 9.59 Å². The molecule has 1 saturated heterocycles. The maximum Gasteiger partial charge on any atom is 0.266 e. The van der Waals surface area contributed by atoms with Gasteiger partial charge in [0.05, 0.1) is 22.3 Å². The lowest BCUT2D eigenvalue weighted by atomic mass is 9.92. The number of aromatic nitrogens is 2. The molecule has 3 aromatic rings. The van der Waals surface area contributed by atoms with Gasteiger partial charge in [0.15, 0.2) is 5.16 Å². The summed E-state index contributed by atoms with van der Waals surface area (Å²) in [5, 5.41) is 1.14. The molecule has 2 atom stereocenters. The fraction of sp³-hybridized carbons (Fsp3) is 0.400. The number of amides is 1. The van der Waals surface area contributed by atoms with Crippen molar-refractivity contribution in [2.24, 2.45) is 11.8 Å². The van der Waals surface area contributed by atoms with E-state index in [1.165, 1.54) is 17.3 Å². The van der Waals surface area contributed by atoms with Crippen molar-refractivity contribution in [2.75, 3.05) is 18.8 Å². The van der Waals surface area contributed by atoms with Crippen molar-refractivity contribution in [3.05, 3.63) is 64.4 Å². The fourth-order valence-corrected chi connectivity index (χ4v) is 5.32. The molecule has 0 spiro atoms. The summed E-state index contributed by atoms with van der Waals surface area (Å²) in [5.41, 5.74) is 2.54. The second-order valence-electron chi connectivity index (χ2n) is 8.61. The molecule has 0 saturated carbocycles. The highest BCUT2D eigenvalue weighted by Crippen LogP contribution is 2.25. The summed E-state index contributed by atoms with van der Waals surface area (Å²) in [6.07, 6.45) is 2.10. The third-order valence-corrected chi connectivity index (χ3v) is 6.82. The monoisotopic (exact) mass is 435 g/mol. The molecule has 1 aromatic heterocycles. The van der Waals surface area contributed by atoms with Gasteiger partial charge in [0.1, 0.15) is 0 Å². The van der Waals surface area contributed by atoms with Crippen molar-refractivity contribution in [1.82, 2.24) is 14.5 Å². The smallest absolute Gasteiger partial charge is 0.266 e. The Morgan fingerprint density at radius 2 is 1.74 bits per heavy atom. The quantitative estimate of drug-likeness (QED) is 0.436. The standard InChI is InChI=1S/C25H29N3O2S/c1-4-19-9-11-20(12-10-19)28-24(30)21-7-5-6-8-22(21)26-25(28)31-16-23(29)27-14-17(2)13-18(3)15-27/h5-12,17-18H,4,13-16H2,1-3H3/t17-,18-/m0/s1. The zero-order valence-corrected chi connectivity index (χ0v) is 19.2. The van der Waals surface area contributed by atoms with E-state index in [2.05, 4.69) is 20.8 Å². The van der Waals surface area contributed by atoms with Gasteiger partial charge >= 0.3 is 0 Å². The van der Waals surface area contributed by atoms with Crippen molar-refractivity contribution >= 4 is 28.6 Å². The number of carbonyl (C=O) groups is 1. The molecule has 4 rings (SSSR count). The average molecular weight is 436 g/mol. The second-order valence-corrected chi connectivity index (χ2v) is 9.55. The van der Waals surface area contributed by atoms with Gasteiger partial charge in [0, 0.05) is 13.1 Å². The van der Waals surface area contributed by atoms with Gasteiger partial charge in [0.25, 0.3) is 5.56 Å². The molecule has 0 aliphatic carbocycles. The van der Waals surface area contributed by atoms with Gasteiger partial charge in [-0.1, -0.05) is 56.8 Å². The van der Waals surface area contributed by atoms with Crippen molar-refractivity contribution < 1.29 is 4.79 Å². The number of piperidine rings is 1. The molecule has 2 aromatic carbocycles. The summed E-state index contributed by atoms with van der Waals surface area (Å²) < 4.78 is 1.64. The molecule has 31 heavy (non-hydrogen) atoms. The Balaban J connectivity index is 1.67. The molecule has 6 heteroatoms. The number of nitrogens with zero attached hydrogens (tertiary/aromatic N) is 3. The maximum absolute atomic E-state index is 13.4. The number of rotatable bonds is 5. The van der Waals surface area contributed by atoms with Crippen LogP contribution in [0.5, 0.6) is 0 Å². The number of likely N-dealkylation sites (tertiary alicyclic amines) is 1. The van der Waals surface area contributed by atoms with E-state index in [0.29, 0.717) is 27.9 Å². The molecule has 0 bridgehead atoms. The molecule has 2 heterocycles. The summed E-state index contributed by atoms with van der Waals surface area (Å²) in [4.78, 5) is 33.0. The minimum absolute atomic E-state index is 0.106. The lowest BCUT2D eigenvalue weighted by Crippen LogP contribution is -2.43. The van der Waals surface area contributed by atoms with E-state index >= 15 is 0 Å². The first-order valence-electron chi connectivity index (χ1n) is 11.0. The number of hydrogen-bond donors (Lipinski definition) is 0. The summed E-state index contributed by atoms with van der Waals surface area (Å²) >= 11 is 1.35. The minimum Gasteiger partial charge on any atom is -0.341 e. The predicted octanol–water partition coefficient (Wildman–Crippen LogP) is 4.54. The molecule has 162 valence electrons. The van der Waals surface area contributed by atoms with Gasteiger partial charge in [-0.05, 0) is 54.5 Å². The molecule has 1 fully saturated rings. The van der Waals surface area contributed by atoms with E-state index in [1.54, 1.807) is 10.6 Å². The van der Waals surface area contributed by atoms with Crippen molar-refractivity contribution in [3.8, 4) is 5.69 Å². The van der Waals surface area contributed by atoms with E-state index in [-0.39, 0.29) is 17.2 Å². The maximum atomic E-state index is 13.4. The number of para-hydroxylation sites is 1. The van der Waals surface area contributed by atoms with Crippen molar-refractivity contribution in [2.45, 2.75) is 38.8 Å². The first-order chi connectivity index (χ1) is 15.0. The van der Waals surface area contributed by atoms with Gasteiger partial charge in [-0.3, -0.25) is 14.2 Å². The Hall–Kier alpha value is -2.60. The predicted molar refractivity (Wildman–Crippen MR) is 127 cm³/mol. The topological polar surface area (TPSA) is 55.2 Å². The van der Waals surface area contributed by atoms with Crippen LogP contribution < -0.4 is 5.56 Å². The molecule has 5 nitrogen and oxygen atoms in total. The average Bonchev–Trinajstić information content (AvgIpc) is 2.77. The third-order valence-electron chi connectivity index (χ3n) is 5.89. The number of thioether (sulfide) groups is 1. The zero-order valence-electron chi connectivity index (χ0n) is 18.4. The fourth-order valence-electron chi connectivity index (χ4n) is 4.40. The molecular formula is C25H29N3O2S. The minimum atomic E-state index is -0.106. The van der Waals surface area contributed by atoms with Crippen LogP contribution >= 0.6 is 11.8 Å². The van der Waals surface area contributed by atoms with Gasteiger partial charge in [-0.25, -0.2) is 4.98 Å². The van der Waals surface area contributed by atoms with E-state index in [0.717, 1.165) is 31.6 Å². The molecule has 0 unspecified atom stereocenters. The van der Waals surface area contributed by atoms with E-state index < -0.39 is 0 Å². The Labute approximate surface area is 187 Å². The highest BCUT2D eigenvalue weighted by Gasteiger charge is 2.26. The number of carbonyl (C=O) groups excluding carboxylic acids is 1. The van der Waals surface area contributed by atoms with Crippen LogP contribution in [0.4, 0.5) is 0 Å². The molecule has 0 N–H and O–H groups in total. The Morgan fingerprint density at radius 1 is 1.06 bits per heavy atom.